The molecule has 4 nitrogen and oxygen atoms in total. The van der Waals surface area contributed by atoms with Crippen molar-refractivity contribution in [2.45, 2.75) is 24.8 Å². The summed E-state index contributed by atoms with van der Waals surface area (Å²) in [4.78, 5) is 4.35. The highest BCUT2D eigenvalue weighted by Gasteiger charge is 2.55. The van der Waals surface area contributed by atoms with Crippen molar-refractivity contribution in [3.05, 3.63) is 24.3 Å². The topological polar surface area (TPSA) is 54.5 Å². The van der Waals surface area contributed by atoms with Crippen molar-refractivity contribution in [3.63, 3.8) is 0 Å². The normalized spacial score (nSPS) is 42.1. The molecule has 5 atom stereocenters. The van der Waals surface area contributed by atoms with E-state index in [-0.39, 0.29) is 0 Å². The smallest absolute Gasteiger partial charge is 0.138 e. The molecule has 0 N–H and O–H groups in total. The van der Waals surface area contributed by atoms with Crippen molar-refractivity contribution >= 4 is 0 Å². The first kappa shape index (κ1) is 8.51. The van der Waals surface area contributed by atoms with Gasteiger partial charge in [-0.2, -0.15) is 10.4 Å². The van der Waals surface area contributed by atoms with Gasteiger partial charge in [0, 0.05) is 18.3 Å². The lowest BCUT2D eigenvalue weighted by Gasteiger charge is -2.23. The Hall–Kier alpha value is -1.63. The van der Waals surface area contributed by atoms with Crippen LogP contribution in [-0.2, 0) is 0 Å². The molecule has 2 bridgehead atoms. The molecule has 3 unspecified atom stereocenters. The van der Waals surface area contributed by atoms with Gasteiger partial charge in [0.2, 0.25) is 0 Å². The van der Waals surface area contributed by atoms with Crippen LogP contribution in [0.1, 0.15) is 30.6 Å². The van der Waals surface area contributed by atoms with Crippen LogP contribution in [0.4, 0.5) is 0 Å². The van der Waals surface area contributed by atoms with E-state index in [2.05, 4.69) is 33.0 Å². The highest BCUT2D eigenvalue weighted by atomic mass is 15.4. The van der Waals surface area contributed by atoms with Crippen LogP contribution in [-0.4, -0.2) is 14.8 Å². The quantitative estimate of drug-likeness (QED) is 0.665. The van der Waals surface area contributed by atoms with Crippen LogP contribution in [0, 0.1) is 29.1 Å². The number of aromatic nitrogens is 3. The molecule has 4 rings (SSSR count). The number of hydrogen-bond donors (Lipinski definition) is 0. The van der Waals surface area contributed by atoms with Crippen molar-refractivity contribution in [1.29, 1.82) is 5.26 Å². The van der Waals surface area contributed by atoms with E-state index in [0.717, 1.165) is 5.82 Å². The minimum atomic E-state index is 0.303. The minimum absolute atomic E-state index is 0.303. The van der Waals surface area contributed by atoms with Gasteiger partial charge >= 0.3 is 0 Å². The summed E-state index contributed by atoms with van der Waals surface area (Å²) in [6, 6.07) is 2.78. The molecule has 4 heteroatoms. The first-order valence-corrected chi connectivity index (χ1v) is 5.85. The molecule has 0 radical (unpaired) electrons. The maximum absolute atomic E-state index is 8.95. The summed E-state index contributed by atoms with van der Waals surface area (Å²) in [5.74, 6) is 3.19. The van der Waals surface area contributed by atoms with E-state index in [9.17, 15) is 0 Å². The van der Waals surface area contributed by atoms with E-state index in [1.54, 1.807) is 6.33 Å². The molecule has 1 aromatic rings. The van der Waals surface area contributed by atoms with Gasteiger partial charge in [-0.1, -0.05) is 12.2 Å². The van der Waals surface area contributed by atoms with Crippen LogP contribution in [0.25, 0.3) is 0 Å². The SMILES string of the molecule is N#CCC1c2ncnn2C2C1[C@@H]1C=C[C@H]2C1. The van der Waals surface area contributed by atoms with Gasteiger partial charge in [0.25, 0.3) is 0 Å². The lowest BCUT2D eigenvalue weighted by Crippen LogP contribution is -2.20. The zero-order valence-corrected chi connectivity index (χ0v) is 8.82. The average molecular weight is 212 g/mol. The van der Waals surface area contributed by atoms with Gasteiger partial charge in [0.05, 0.1) is 12.1 Å². The number of rotatable bonds is 1. The van der Waals surface area contributed by atoms with E-state index >= 15 is 0 Å². The van der Waals surface area contributed by atoms with Crippen LogP contribution in [0.15, 0.2) is 18.5 Å². The van der Waals surface area contributed by atoms with E-state index in [1.807, 2.05) is 0 Å². The second kappa shape index (κ2) is 2.73. The van der Waals surface area contributed by atoms with Gasteiger partial charge in [-0.3, -0.25) is 0 Å². The van der Waals surface area contributed by atoms with E-state index < -0.39 is 0 Å². The number of nitriles is 1. The summed E-state index contributed by atoms with van der Waals surface area (Å²) in [6.45, 7) is 0. The average Bonchev–Trinajstić information content (AvgIpc) is 2.97. The fourth-order valence-electron chi connectivity index (χ4n) is 3.97. The van der Waals surface area contributed by atoms with Crippen molar-refractivity contribution in [3.8, 4) is 6.07 Å². The second-order valence-corrected chi connectivity index (χ2v) is 5.05. The molecule has 3 aliphatic rings. The Morgan fingerprint density at radius 3 is 3.19 bits per heavy atom. The molecule has 1 saturated carbocycles. The molecular weight excluding hydrogens is 200 g/mol. The van der Waals surface area contributed by atoms with Crippen molar-refractivity contribution in [1.82, 2.24) is 14.8 Å². The van der Waals surface area contributed by atoms with Crippen molar-refractivity contribution < 1.29 is 0 Å². The molecule has 80 valence electrons. The Labute approximate surface area is 93.6 Å². The van der Waals surface area contributed by atoms with Crippen LogP contribution in [0.5, 0.6) is 0 Å². The highest BCUT2D eigenvalue weighted by Crippen LogP contribution is 2.59. The van der Waals surface area contributed by atoms with Gasteiger partial charge in [0.15, 0.2) is 0 Å². The first-order valence-electron chi connectivity index (χ1n) is 5.85. The van der Waals surface area contributed by atoms with Gasteiger partial charge in [-0.05, 0) is 18.3 Å². The minimum Gasteiger partial charge on any atom is -0.246 e. The molecule has 0 spiro atoms. The van der Waals surface area contributed by atoms with Crippen LogP contribution < -0.4 is 0 Å². The van der Waals surface area contributed by atoms with Crippen molar-refractivity contribution in [2.75, 3.05) is 0 Å². The number of hydrogen-bond acceptors (Lipinski definition) is 3. The fraction of sp³-hybridized carbons (Fsp3) is 0.583. The maximum Gasteiger partial charge on any atom is 0.138 e. The molecule has 1 aromatic heterocycles. The van der Waals surface area contributed by atoms with E-state index in [0.29, 0.717) is 36.1 Å². The molecule has 1 fully saturated rings. The lowest BCUT2D eigenvalue weighted by atomic mass is 9.80. The third-order valence-electron chi connectivity index (χ3n) is 4.47. The standard InChI is InChI=1S/C12H12N4/c13-4-3-9-10-7-1-2-8(5-7)11(10)16-12(9)14-6-15-16/h1-2,6-11H,3,5H2/t7-,8+,9?,10?,11?/m1/s1. The predicted octanol–water partition coefficient (Wildman–Crippen LogP) is 1.65. The third-order valence-corrected chi connectivity index (χ3v) is 4.47. The summed E-state index contributed by atoms with van der Waals surface area (Å²) in [5.41, 5.74) is 0. The molecule has 2 aliphatic carbocycles. The van der Waals surface area contributed by atoms with E-state index in [1.165, 1.54) is 6.42 Å². The first-order chi connectivity index (χ1) is 7.90. The Morgan fingerprint density at radius 2 is 2.31 bits per heavy atom. The van der Waals surface area contributed by atoms with Gasteiger partial charge in [-0.15, -0.1) is 0 Å². The molecule has 1 aliphatic heterocycles. The Bertz CT molecular complexity index is 509. The Morgan fingerprint density at radius 1 is 1.44 bits per heavy atom. The highest BCUT2D eigenvalue weighted by molar-refractivity contribution is 5.25. The summed E-state index contributed by atoms with van der Waals surface area (Å²) < 4.78 is 2.08. The lowest BCUT2D eigenvalue weighted by molar-refractivity contribution is 0.307. The van der Waals surface area contributed by atoms with Gasteiger partial charge in [-0.25, -0.2) is 9.67 Å². The second-order valence-electron chi connectivity index (χ2n) is 5.05. The van der Waals surface area contributed by atoms with Crippen molar-refractivity contribution in [2.24, 2.45) is 17.8 Å². The van der Waals surface area contributed by atoms with Crippen LogP contribution >= 0.6 is 0 Å². The van der Waals surface area contributed by atoms with E-state index in [4.69, 9.17) is 5.26 Å². The van der Waals surface area contributed by atoms with Gasteiger partial charge < -0.3 is 0 Å². The Balaban J connectivity index is 1.85. The third kappa shape index (κ3) is 0.812. The zero-order chi connectivity index (χ0) is 10.7. The maximum atomic E-state index is 8.95. The zero-order valence-electron chi connectivity index (χ0n) is 8.82. The molecule has 16 heavy (non-hydrogen) atoms. The number of nitrogens with zero attached hydrogens (tertiary/aromatic N) is 4. The van der Waals surface area contributed by atoms with Crippen LogP contribution in [0.2, 0.25) is 0 Å². The predicted molar refractivity (Wildman–Crippen MR) is 56.3 cm³/mol. The Kier molecular flexibility index (Phi) is 1.45. The molecule has 0 aromatic carbocycles. The largest absolute Gasteiger partial charge is 0.246 e. The monoisotopic (exact) mass is 212 g/mol. The fourth-order valence-corrected chi connectivity index (χ4v) is 3.97. The summed E-state index contributed by atoms with van der Waals surface area (Å²) >= 11 is 0. The summed E-state index contributed by atoms with van der Waals surface area (Å²) in [5, 5.41) is 13.3. The molecule has 2 heterocycles. The number of fused-ring (bicyclic) bond motifs is 7. The molecule has 0 saturated heterocycles. The number of allylic oxidation sites excluding steroid dienone is 2. The molecule has 0 amide bonds. The molecular formula is C12H12N4. The summed E-state index contributed by atoms with van der Waals surface area (Å²) in [7, 11) is 0. The van der Waals surface area contributed by atoms with Crippen LogP contribution in [0.3, 0.4) is 0 Å². The van der Waals surface area contributed by atoms with Gasteiger partial charge in [0.1, 0.15) is 12.2 Å². The summed E-state index contributed by atoms with van der Waals surface area (Å²) in [6.07, 6.45) is 8.12.